The molecule has 32 heavy (non-hydrogen) atoms. The average molecular weight is 447 g/mol. The summed E-state index contributed by atoms with van der Waals surface area (Å²) in [6, 6.07) is 17.5. The highest BCUT2D eigenvalue weighted by molar-refractivity contribution is 6.35. The van der Waals surface area contributed by atoms with Crippen molar-refractivity contribution in [1.82, 2.24) is 19.7 Å². The Morgan fingerprint density at radius 3 is 2.62 bits per heavy atom. The lowest BCUT2D eigenvalue weighted by Crippen LogP contribution is -2.32. The van der Waals surface area contributed by atoms with E-state index in [1.165, 1.54) is 16.3 Å². The summed E-state index contributed by atoms with van der Waals surface area (Å²) in [6.07, 6.45) is 0. The van der Waals surface area contributed by atoms with E-state index in [-0.39, 0.29) is 22.6 Å². The zero-order chi connectivity index (χ0) is 23.0. The maximum atomic E-state index is 13.5. The van der Waals surface area contributed by atoms with E-state index in [4.69, 9.17) is 17.3 Å². The van der Waals surface area contributed by atoms with Crippen LogP contribution in [-0.4, -0.2) is 20.3 Å². The molecule has 1 amide bonds. The third-order valence-electron chi connectivity index (χ3n) is 5.24. The van der Waals surface area contributed by atoms with Gasteiger partial charge in [-0.25, -0.2) is 0 Å². The van der Waals surface area contributed by atoms with E-state index in [0.717, 1.165) is 0 Å². The molecule has 2 aromatic heterocycles. The summed E-state index contributed by atoms with van der Waals surface area (Å²) < 4.78 is 2.78. The number of nitrogen functional groups attached to an aromatic ring is 1. The van der Waals surface area contributed by atoms with Crippen molar-refractivity contribution in [3.63, 3.8) is 0 Å². The highest BCUT2D eigenvalue weighted by Gasteiger charge is 2.24. The van der Waals surface area contributed by atoms with Gasteiger partial charge in [-0.2, -0.15) is 10.4 Å². The van der Waals surface area contributed by atoms with E-state index in [0.29, 0.717) is 27.2 Å². The standard InChI is InChI=1S/C23H19ClN6O2/c1-13(27-22(31)20-18(12-25)29(2)28-21(20)26)17-11-14-7-6-10-16(24)19(14)23(32)30(17)15-8-4-3-5-9-15/h3-11,13H,1-2H3,(H2,26,28)(H,27,31). The van der Waals surface area contributed by atoms with Gasteiger partial charge >= 0.3 is 0 Å². The van der Waals surface area contributed by atoms with Crippen LogP contribution in [0.15, 0.2) is 59.4 Å². The van der Waals surface area contributed by atoms with Gasteiger partial charge in [-0.15, -0.1) is 0 Å². The Bertz CT molecular complexity index is 1450. The van der Waals surface area contributed by atoms with Gasteiger partial charge in [0, 0.05) is 18.4 Å². The van der Waals surface area contributed by atoms with Crippen LogP contribution in [0.2, 0.25) is 5.02 Å². The number of nitrogens with one attached hydrogen (secondary N) is 1. The van der Waals surface area contributed by atoms with Crippen LogP contribution in [0.5, 0.6) is 0 Å². The summed E-state index contributed by atoms with van der Waals surface area (Å²) in [5.41, 5.74) is 6.79. The molecule has 0 saturated carbocycles. The first kappa shape index (κ1) is 21.2. The smallest absolute Gasteiger partial charge is 0.264 e. The van der Waals surface area contributed by atoms with Crippen LogP contribution in [-0.2, 0) is 7.05 Å². The zero-order valence-corrected chi connectivity index (χ0v) is 18.1. The molecule has 9 heteroatoms. The molecular weight excluding hydrogens is 428 g/mol. The molecular formula is C23H19ClN6O2. The van der Waals surface area contributed by atoms with Gasteiger partial charge in [0.2, 0.25) is 0 Å². The molecule has 0 radical (unpaired) electrons. The number of pyridine rings is 1. The number of nitrogens with two attached hydrogens (primary N) is 1. The Morgan fingerprint density at radius 1 is 1.22 bits per heavy atom. The number of para-hydroxylation sites is 1. The second-order valence-electron chi connectivity index (χ2n) is 7.29. The minimum absolute atomic E-state index is 0.000656. The topological polar surface area (TPSA) is 119 Å². The van der Waals surface area contributed by atoms with Crippen LogP contribution in [0.3, 0.4) is 0 Å². The quantitative estimate of drug-likeness (QED) is 0.498. The normalized spacial score (nSPS) is 11.8. The summed E-state index contributed by atoms with van der Waals surface area (Å²) in [5, 5.41) is 17.6. The molecule has 1 unspecified atom stereocenters. The van der Waals surface area contributed by atoms with E-state index in [1.807, 2.05) is 30.3 Å². The number of carbonyl (C=O) groups excluding carboxylic acids is 1. The number of benzene rings is 2. The van der Waals surface area contributed by atoms with E-state index in [1.54, 1.807) is 37.3 Å². The third-order valence-corrected chi connectivity index (χ3v) is 5.55. The summed E-state index contributed by atoms with van der Waals surface area (Å²) in [5.74, 6) is -0.600. The highest BCUT2D eigenvalue weighted by atomic mass is 35.5. The number of halogens is 1. The second kappa shape index (κ2) is 8.21. The number of nitriles is 1. The Morgan fingerprint density at radius 2 is 1.94 bits per heavy atom. The van der Waals surface area contributed by atoms with E-state index >= 15 is 0 Å². The number of nitrogens with zero attached hydrogens (tertiary/aromatic N) is 4. The fourth-order valence-electron chi connectivity index (χ4n) is 3.74. The first-order valence-electron chi connectivity index (χ1n) is 9.76. The van der Waals surface area contributed by atoms with Crippen LogP contribution >= 0.6 is 11.6 Å². The molecule has 4 rings (SSSR count). The van der Waals surface area contributed by atoms with Gasteiger partial charge in [-0.3, -0.25) is 18.8 Å². The molecule has 0 fully saturated rings. The Hall–Kier alpha value is -4.09. The Balaban J connectivity index is 1.86. The molecule has 160 valence electrons. The molecule has 1 atom stereocenters. The number of carbonyl (C=O) groups is 1. The van der Waals surface area contributed by atoms with E-state index in [9.17, 15) is 14.9 Å². The third kappa shape index (κ3) is 3.49. The molecule has 0 aliphatic rings. The van der Waals surface area contributed by atoms with Crippen molar-refractivity contribution in [3.8, 4) is 11.8 Å². The summed E-state index contributed by atoms with van der Waals surface area (Å²) in [7, 11) is 1.54. The first-order chi connectivity index (χ1) is 15.3. The van der Waals surface area contributed by atoms with Crippen molar-refractivity contribution >= 4 is 34.1 Å². The number of fused-ring (bicyclic) bond motifs is 1. The molecule has 4 aromatic rings. The first-order valence-corrected chi connectivity index (χ1v) is 10.1. The lowest BCUT2D eigenvalue weighted by Gasteiger charge is -2.21. The number of amides is 1. The largest absolute Gasteiger partial charge is 0.382 e. The monoisotopic (exact) mass is 446 g/mol. The lowest BCUT2D eigenvalue weighted by molar-refractivity contribution is 0.0939. The molecule has 0 aliphatic heterocycles. The molecule has 0 aliphatic carbocycles. The maximum Gasteiger partial charge on any atom is 0.264 e. The van der Waals surface area contributed by atoms with Crippen molar-refractivity contribution in [2.75, 3.05) is 5.73 Å². The van der Waals surface area contributed by atoms with E-state index in [2.05, 4.69) is 10.4 Å². The van der Waals surface area contributed by atoms with Gasteiger partial charge in [0.05, 0.1) is 16.5 Å². The summed E-state index contributed by atoms with van der Waals surface area (Å²) in [6.45, 7) is 1.75. The van der Waals surface area contributed by atoms with Gasteiger partial charge in [-0.1, -0.05) is 41.9 Å². The SMILES string of the molecule is CC(NC(=O)c1c(N)nn(C)c1C#N)c1cc2cccc(Cl)c2c(=O)n1-c1ccccc1. The van der Waals surface area contributed by atoms with Crippen molar-refractivity contribution < 1.29 is 4.79 Å². The summed E-state index contributed by atoms with van der Waals surface area (Å²) in [4.78, 5) is 26.5. The van der Waals surface area contributed by atoms with Crippen LogP contribution in [0, 0.1) is 11.3 Å². The number of anilines is 1. The van der Waals surface area contributed by atoms with Crippen molar-refractivity contribution in [1.29, 1.82) is 5.26 Å². The Labute approximate surface area is 188 Å². The van der Waals surface area contributed by atoms with Crippen molar-refractivity contribution in [2.24, 2.45) is 7.05 Å². The molecule has 0 saturated heterocycles. The Kier molecular flexibility index (Phi) is 5.43. The average Bonchev–Trinajstić information content (AvgIpc) is 3.06. The van der Waals surface area contributed by atoms with Crippen molar-refractivity contribution in [3.05, 3.63) is 86.9 Å². The molecule has 2 aromatic carbocycles. The summed E-state index contributed by atoms with van der Waals surface area (Å²) >= 11 is 6.33. The number of rotatable bonds is 4. The minimum Gasteiger partial charge on any atom is -0.382 e. The molecule has 8 nitrogen and oxygen atoms in total. The molecule has 3 N–H and O–H groups in total. The molecule has 0 spiro atoms. The van der Waals surface area contributed by atoms with E-state index < -0.39 is 11.9 Å². The number of aromatic nitrogens is 3. The second-order valence-corrected chi connectivity index (χ2v) is 7.70. The van der Waals surface area contributed by atoms with Gasteiger partial charge in [-0.05, 0) is 36.6 Å². The van der Waals surface area contributed by atoms with Gasteiger partial charge in [0.1, 0.15) is 11.6 Å². The zero-order valence-electron chi connectivity index (χ0n) is 17.3. The van der Waals surface area contributed by atoms with Crippen LogP contribution in [0.25, 0.3) is 16.5 Å². The van der Waals surface area contributed by atoms with Crippen LogP contribution in [0.4, 0.5) is 5.82 Å². The lowest BCUT2D eigenvalue weighted by atomic mass is 10.1. The maximum absolute atomic E-state index is 13.5. The van der Waals surface area contributed by atoms with Crippen LogP contribution in [0.1, 0.15) is 34.7 Å². The predicted octanol–water partition coefficient (Wildman–Crippen LogP) is 3.32. The fraction of sp³-hybridized carbons (Fsp3) is 0.130. The molecule has 0 bridgehead atoms. The number of hydrogen-bond donors (Lipinski definition) is 2. The highest BCUT2D eigenvalue weighted by Crippen LogP contribution is 2.26. The van der Waals surface area contributed by atoms with Crippen LogP contribution < -0.4 is 16.6 Å². The van der Waals surface area contributed by atoms with Crippen molar-refractivity contribution in [2.45, 2.75) is 13.0 Å². The molecule has 2 heterocycles. The number of hydrogen-bond acceptors (Lipinski definition) is 5. The predicted molar refractivity (Wildman–Crippen MR) is 123 cm³/mol. The number of aryl methyl sites for hydroxylation is 1. The van der Waals surface area contributed by atoms with Gasteiger partial charge in [0.25, 0.3) is 11.5 Å². The van der Waals surface area contributed by atoms with Gasteiger partial charge in [0.15, 0.2) is 11.5 Å². The minimum atomic E-state index is -0.607. The fourth-order valence-corrected chi connectivity index (χ4v) is 4.00. The van der Waals surface area contributed by atoms with Gasteiger partial charge < -0.3 is 11.1 Å².